The molecule has 19 heavy (non-hydrogen) atoms. The second-order valence-corrected chi connectivity index (χ2v) is 3.47. The molecule has 6 N–H and O–H groups in total. The summed E-state index contributed by atoms with van der Waals surface area (Å²) in [6, 6.07) is 12.9. The number of benzene rings is 2. The van der Waals surface area contributed by atoms with Crippen LogP contribution in [0.5, 0.6) is 0 Å². The van der Waals surface area contributed by atoms with E-state index >= 15 is 0 Å². The third kappa shape index (κ3) is 3.57. The lowest BCUT2D eigenvalue weighted by molar-refractivity contribution is 0.0976. The third-order valence-corrected chi connectivity index (χ3v) is 2.38. The van der Waals surface area contributed by atoms with Crippen molar-refractivity contribution in [2.24, 2.45) is 10.9 Å². The fourth-order valence-corrected chi connectivity index (χ4v) is 1.63. The molecule has 0 heterocycles. The van der Waals surface area contributed by atoms with Gasteiger partial charge in [-0.3, -0.25) is 10.1 Å². The van der Waals surface area contributed by atoms with Gasteiger partial charge in [0.2, 0.25) is 5.96 Å². The average Bonchev–Trinajstić information content (AvgIpc) is 2.37. The Bertz CT molecular complexity index is 596. The Morgan fingerprint density at radius 2 is 1.79 bits per heavy atom. The van der Waals surface area contributed by atoms with E-state index < -0.39 is 5.91 Å². The molecule has 2 aromatic carbocycles. The van der Waals surface area contributed by atoms with Crippen molar-refractivity contribution >= 4 is 35.0 Å². The van der Waals surface area contributed by atoms with Gasteiger partial charge in [-0.15, -0.1) is 12.4 Å². The van der Waals surface area contributed by atoms with Crippen LogP contribution in [0.4, 0.5) is 0 Å². The average molecular weight is 284 g/mol. The van der Waals surface area contributed by atoms with Gasteiger partial charge in [0.05, 0.1) is 0 Å². The molecule has 6 nitrogen and oxygen atoms in total. The highest BCUT2D eigenvalue weighted by Gasteiger charge is 2.10. The zero-order valence-electron chi connectivity index (χ0n) is 9.83. The molecule has 1 amide bonds. The maximum absolute atomic E-state index is 11.8. The molecule has 0 aromatic heterocycles. The van der Waals surface area contributed by atoms with Crippen molar-refractivity contribution in [2.75, 3.05) is 0 Å². The Kier molecular flexibility index (Phi) is 6.32. The molecule has 0 unspecified atom stereocenters. The van der Waals surface area contributed by atoms with E-state index in [0.29, 0.717) is 5.56 Å². The standard InChI is InChI=1S/C12H11N3O2.ClH.H2O/c13-12(15-17)14-11(16)10-7-3-5-8-4-1-2-6-9(8)10;;/h1-7,17H,(H3,13,14,15,16);1H;1H2. The molecule has 0 saturated heterocycles. The second-order valence-electron chi connectivity index (χ2n) is 3.47. The number of amides is 1. The number of rotatable bonds is 1. The first-order valence-electron chi connectivity index (χ1n) is 4.99. The van der Waals surface area contributed by atoms with Crippen LogP contribution in [-0.2, 0) is 0 Å². The van der Waals surface area contributed by atoms with Crippen LogP contribution < -0.4 is 11.1 Å². The van der Waals surface area contributed by atoms with E-state index in [2.05, 4.69) is 10.5 Å². The van der Waals surface area contributed by atoms with E-state index in [-0.39, 0.29) is 23.8 Å². The van der Waals surface area contributed by atoms with Gasteiger partial charge in [-0.1, -0.05) is 41.6 Å². The van der Waals surface area contributed by atoms with Crippen molar-refractivity contribution in [3.8, 4) is 0 Å². The minimum atomic E-state index is -0.405. The van der Waals surface area contributed by atoms with Gasteiger partial charge in [0.25, 0.3) is 5.91 Å². The fourth-order valence-electron chi connectivity index (χ4n) is 1.63. The van der Waals surface area contributed by atoms with Crippen molar-refractivity contribution in [3.63, 3.8) is 0 Å². The van der Waals surface area contributed by atoms with E-state index in [4.69, 9.17) is 10.9 Å². The van der Waals surface area contributed by atoms with E-state index in [1.165, 1.54) is 0 Å². The number of carbonyl (C=O) groups is 1. The lowest BCUT2D eigenvalue weighted by atomic mass is 10.0. The number of halogens is 1. The third-order valence-electron chi connectivity index (χ3n) is 2.38. The normalized spacial score (nSPS) is 10.2. The van der Waals surface area contributed by atoms with Crippen LogP contribution in [0.15, 0.2) is 47.6 Å². The summed E-state index contributed by atoms with van der Waals surface area (Å²) in [5.74, 6) is -0.736. The predicted molar refractivity (Wildman–Crippen MR) is 75.7 cm³/mol. The number of nitrogens with one attached hydrogen (secondary N) is 1. The van der Waals surface area contributed by atoms with Crippen LogP contribution in [0, 0.1) is 0 Å². The number of carbonyl (C=O) groups excluding carboxylic acids is 1. The van der Waals surface area contributed by atoms with Crippen LogP contribution in [-0.4, -0.2) is 22.6 Å². The highest BCUT2D eigenvalue weighted by Crippen LogP contribution is 2.18. The molecule has 102 valence electrons. The molecular formula is C12H14ClN3O3. The van der Waals surface area contributed by atoms with E-state index in [1.807, 2.05) is 30.3 Å². The van der Waals surface area contributed by atoms with Crippen LogP contribution in [0.1, 0.15) is 10.4 Å². The van der Waals surface area contributed by atoms with Crippen molar-refractivity contribution in [1.29, 1.82) is 0 Å². The van der Waals surface area contributed by atoms with Gasteiger partial charge in [0, 0.05) is 5.56 Å². The fraction of sp³-hybridized carbons (Fsp3) is 0. The first-order valence-corrected chi connectivity index (χ1v) is 4.99. The molecule has 0 spiro atoms. The monoisotopic (exact) mass is 283 g/mol. The van der Waals surface area contributed by atoms with Crippen molar-refractivity contribution < 1.29 is 15.5 Å². The molecule has 0 saturated carbocycles. The smallest absolute Gasteiger partial charge is 0.258 e. The van der Waals surface area contributed by atoms with Crippen molar-refractivity contribution in [1.82, 2.24) is 5.32 Å². The van der Waals surface area contributed by atoms with Gasteiger partial charge in [-0.2, -0.15) is 0 Å². The lowest BCUT2D eigenvalue weighted by Gasteiger charge is -2.06. The number of oxime groups is 1. The summed E-state index contributed by atoms with van der Waals surface area (Å²) in [6.45, 7) is 0. The topological polar surface area (TPSA) is 119 Å². The quantitative estimate of drug-likeness (QED) is 0.312. The van der Waals surface area contributed by atoms with Crippen LogP contribution in [0.2, 0.25) is 0 Å². The number of hydrogen-bond donors (Lipinski definition) is 3. The number of guanidine groups is 1. The zero-order valence-corrected chi connectivity index (χ0v) is 10.6. The molecular weight excluding hydrogens is 270 g/mol. The Morgan fingerprint density at radius 3 is 2.47 bits per heavy atom. The molecule has 0 aliphatic rings. The van der Waals surface area contributed by atoms with Crippen molar-refractivity contribution in [3.05, 3.63) is 48.0 Å². The van der Waals surface area contributed by atoms with Gasteiger partial charge in [0.1, 0.15) is 0 Å². The molecule has 0 fully saturated rings. The van der Waals surface area contributed by atoms with Crippen molar-refractivity contribution in [2.45, 2.75) is 0 Å². The Morgan fingerprint density at radius 1 is 1.16 bits per heavy atom. The van der Waals surface area contributed by atoms with E-state index in [1.54, 1.807) is 12.1 Å². The van der Waals surface area contributed by atoms with E-state index in [0.717, 1.165) is 10.8 Å². The number of hydrogen-bond acceptors (Lipinski definition) is 3. The molecule has 2 aromatic rings. The predicted octanol–water partition coefficient (Wildman–Crippen LogP) is 0.871. The molecule has 2 rings (SSSR count). The first kappa shape index (κ1) is 16.7. The number of fused-ring (bicyclic) bond motifs is 1. The minimum Gasteiger partial charge on any atom is -0.412 e. The summed E-state index contributed by atoms with van der Waals surface area (Å²) < 4.78 is 0. The van der Waals surface area contributed by atoms with Crippen LogP contribution in [0.3, 0.4) is 0 Å². The Balaban J connectivity index is 0.00000162. The molecule has 0 aliphatic carbocycles. The van der Waals surface area contributed by atoms with Gasteiger partial charge in [-0.05, 0) is 16.8 Å². The number of nitrogens with zero attached hydrogens (tertiary/aromatic N) is 1. The van der Waals surface area contributed by atoms with Gasteiger partial charge >= 0.3 is 0 Å². The van der Waals surface area contributed by atoms with Gasteiger partial charge in [-0.25, -0.2) is 0 Å². The first-order chi connectivity index (χ1) is 8.22. The van der Waals surface area contributed by atoms with Crippen LogP contribution >= 0.6 is 12.4 Å². The van der Waals surface area contributed by atoms with Crippen LogP contribution in [0.25, 0.3) is 10.8 Å². The summed E-state index contributed by atoms with van der Waals surface area (Å²) in [6.07, 6.45) is 0. The largest absolute Gasteiger partial charge is 0.412 e. The molecule has 7 heteroatoms. The highest BCUT2D eigenvalue weighted by atomic mass is 35.5. The molecule has 0 aliphatic heterocycles. The highest BCUT2D eigenvalue weighted by molar-refractivity contribution is 6.12. The summed E-state index contributed by atoms with van der Waals surface area (Å²) in [5, 5.41) is 15.1. The molecule has 0 atom stereocenters. The second kappa shape index (κ2) is 7.20. The summed E-state index contributed by atoms with van der Waals surface area (Å²) in [4.78, 5) is 11.8. The Labute approximate surface area is 115 Å². The summed E-state index contributed by atoms with van der Waals surface area (Å²) in [7, 11) is 0. The maximum Gasteiger partial charge on any atom is 0.258 e. The molecule has 0 bridgehead atoms. The summed E-state index contributed by atoms with van der Waals surface area (Å²) in [5.41, 5.74) is 5.70. The Hall–Kier alpha value is -2.31. The SMILES string of the molecule is Cl.NC(=NO)NC(=O)c1cccc2ccccc12.O. The van der Waals surface area contributed by atoms with Gasteiger partial charge < -0.3 is 16.4 Å². The summed E-state index contributed by atoms with van der Waals surface area (Å²) >= 11 is 0. The maximum atomic E-state index is 11.8. The minimum absolute atomic E-state index is 0. The van der Waals surface area contributed by atoms with E-state index in [9.17, 15) is 4.79 Å². The zero-order chi connectivity index (χ0) is 12.3. The number of nitrogens with two attached hydrogens (primary N) is 1. The van der Waals surface area contributed by atoms with Gasteiger partial charge in [0.15, 0.2) is 0 Å². The molecule has 0 radical (unpaired) electrons. The lowest BCUT2D eigenvalue weighted by Crippen LogP contribution is -2.36.